The van der Waals surface area contributed by atoms with E-state index in [2.05, 4.69) is 24.1 Å². The van der Waals surface area contributed by atoms with Gasteiger partial charge in [0, 0.05) is 23.5 Å². The number of rotatable bonds is 5. The molecule has 1 amide bonds. The van der Waals surface area contributed by atoms with Crippen LogP contribution in [0.15, 0.2) is 6.20 Å². The number of thiazole rings is 1. The zero-order valence-corrected chi connectivity index (χ0v) is 10.1. The lowest BCUT2D eigenvalue weighted by atomic mass is 10.2. The number of carbonyl (C=O) groups is 1. The van der Waals surface area contributed by atoms with E-state index >= 15 is 0 Å². The summed E-state index contributed by atoms with van der Waals surface area (Å²) in [7, 11) is 0. The topological polar surface area (TPSA) is 68.0 Å². The Balaban J connectivity index is 2.47. The van der Waals surface area contributed by atoms with Gasteiger partial charge in [-0.15, -0.1) is 11.3 Å². The van der Waals surface area contributed by atoms with E-state index < -0.39 is 0 Å². The first-order valence-electron chi connectivity index (χ1n) is 4.98. The van der Waals surface area contributed by atoms with Crippen LogP contribution in [0.4, 0.5) is 0 Å². The molecule has 1 atom stereocenters. The van der Waals surface area contributed by atoms with Gasteiger partial charge in [0.2, 0.25) is 5.91 Å². The quantitative estimate of drug-likeness (QED) is 0.795. The molecule has 0 fully saturated rings. The van der Waals surface area contributed by atoms with Gasteiger partial charge in [0.1, 0.15) is 0 Å². The number of aromatic nitrogens is 1. The molecule has 1 heterocycles. The maximum Gasteiger partial charge on any atom is 0.234 e. The van der Waals surface area contributed by atoms with Gasteiger partial charge in [-0.1, -0.05) is 13.8 Å². The van der Waals surface area contributed by atoms with Crippen LogP contribution in [-0.4, -0.2) is 16.9 Å². The van der Waals surface area contributed by atoms with Crippen LogP contribution in [0.2, 0.25) is 0 Å². The molecular weight excluding hydrogens is 210 g/mol. The number of hydrogen-bond donors (Lipinski definition) is 2. The summed E-state index contributed by atoms with van der Waals surface area (Å²) in [6.07, 6.45) is 1.85. The summed E-state index contributed by atoms with van der Waals surface area (Å²) in [5.74, 6) is 0.126. The second kappa shape index (κ2) is 5.23. The Morgan fingerprint density at radius 3 is 2.73 bits per heavy atom. The minimum absolute atomic E-state index is 0.297. The minimum atomic E-state index is -0.330. The SMILES string of the molecule is CC(C)c1ncc(CN[C@@H](C)C(N)=O)s1. The molecule has 1 rings (SSSR count). The second-order valence-electron chi connectivity index (χ2n) is 3.82. The van der Waals surface area contributed by atoms with Crippen molar-refractivity contribution in [2.75, 3.05) is 0 Å². The van der Waals surface area contributed by atoms with Crippen molar-refractivity contribution in [3.05, 3.63) is 16.1 Å². The molecule has 4 nitrogen and oxygen atoms in total. The Bertz CT molecular complexity index is 335. The predicted octanol–water partition coefficient (Wildman–Crippen LogP) is 1.23. The highest BCUT2D eigenvalue weighted by Crippen LogP contribution is 2.20. The molecular formula is C10H17N3OS. The lowest BCUT2D eigenvalue weighted by Gasteiger charge is -2.07. The number of carbonyl (C=O) groups excluding carboxylic acids is 1. The molecule has 0 aliphatic carbocycles. The van der Waals surface area contributed by atoms with E-state index in [1.54, 1.807) is 18.3 Å². The van der Waals surface area contributed by atoms with E-state index in [0.29, 0.717) is 12.5 Å². The fraction of sp³-hybridized carbons (Fsp3) is 0.600. The Morgan fingerprint density at radius 2 is 2.27 bits per heavy atom. The Hall–Kier alpha value is -0.940. The van der Waals surface area contributed by atoms with Gasteiger partial charge in [0.05, 0.1) is 11.0 Å². The van der Waals surface area contributed by atoms with Crippen LogP contribution in [-0.2, 0) is 11.3 Å². The molecule has 0 aliphatic rings. The van der Waals surface area contributed by atoms with Crippen molar-refractivity contribution < 1.29 is 4.79 Å². The lowest BCUT2D eigenvalue weighted by Crippen LogP contribution is -2.38. The van der Waals surface area contributed by atoms with Crippen molar-refractivity contribution in [2.45, 2.75) is 39.3 Å². The summed E-state index contributed by atoms with van der Waals surface area (Å²) in [6.45, 7) is 6.63. The molecule has 0 aliphatic heterocycles. The molecule has 0 spiro atoms. The highest BCUT2D eigenvalue weighted by Gasteiger charge is 2.09. The van der Waals surface area contributed by atoms with Gasteiger partial charge in [-0.05, 0) is 6.92 Å². The Morgan fingerprint density at radius 1 is 1.60 bits per heavy atom. The Kier molecular flexibility index (Phi) is 4.23. The van der Waals surface area contributed by atoms with Crippen molar-refractivity contribution in [3.8, 4) is 0 Å². The van der Waals surface area contributed by atoms with Crippen LogP contribution in [0.5, 0.6) is 0 Å². The van der Waals surface area contributed by atoms with Crippen LogP contribution < -0.4 is 11.1 Å². The first kappa shape index (κ1) is 12.1. The lowest BCUT2D eigenvalue weighted by molar-refractivity contribution is -0.119. The number of hydrogen-bond acceptors (Lipinski definition) is 4. The van der Waals surface area contributed by atoms with Crippen LogP contribution in [0.1, 0.15) is 36.6 Å². The van der Waals surface area contributed by atoms with Crippen molar-refractivity contribution in [2.24, 2.45) is 5.73 Å². The fourth-order valence-corrected chi connectivity index (χ4v) is 1.90. The van der Waals surface area contributed by atoms with E-state index in [4.69, 9.17) is 5.73 Å². The summed E-state index contributed by atoms with van der Waals surface area (Å²) in [4.78, 5) is 16.2. The van der Waals surface area contributed by atoms with Crippen LogP contribution in [0.25, 0.3) is 0 Å². The molecule has 0 unspecified atom stereocenters. The number of nitrogens with one attached hydrogen (secondary N) is 1. The summed E-state index contributed by atoms with van der Waals surface area (Å²) >= 11 is 1.67. The summed E-state index contributed by atoms with van der Waals surface area (Å²) < 4.78 is 0. The molecule has 1 aromatic heterocycles. The third-order valence-electron chi connectivity index (χ3n) is 2.07. The first-order valence-corrected chi connectivity index (χ1v) is 5.79. The molecule has 0 saturated heterocycles. The number of nitrogens with zero attached hydrogens (tertiary/aromatic N) is 1. The average molecular weight is 227 g/mol. The molecule has 15 heavy (non-hydrogen) atoms. The highest BCUT2D eigenvalue weighted by atomic mass is 32.1. The van der Waals surface area contributed by atoms with Gasteiger partial charge in [0.15, 0.2) is 0 Å². The van der Waals surface area contributed by atoms with E-state index in [1.807, 2.05) is 6.20 Å². The average Bonchev–Trinajstić information content (AvgIpc) is 2.62. The molecule has 5 heteroatoms. The van der Waals surface area contributed by atoms with Gasteiger partial charge in [-0.2, -0.15) is 0 Å². The minimum Gasteiger partial charge on any atom is -0.368 e. The van der Waals surface area contributed by atoms with Crippen molar-refractivity contribution in [3.63, 3.8) is 0 Å². The zero-order valence-electron chi connectivity index (χ0n) is 9.28. The van der Waals surface area contributed by atoms with E-state index in [-0.39, 0.29) is 11.9 Å². The predicted molar refractivity (Wildman–Crippen MR) is 61.7 cm³/mol. The Labute approximate surface area is 93.9 Å². The second-order valence-corrected chi connectivity index (χ2v) is 4.97. The van der Waals surface area contributed by atoms with Gasteiger partial charge in [0.25, 0.3) is 0 Å². The molecule has 0 radical (unpaired) electrons. The smallest absolute Gasteiger partial charge is 0.234 e. The van der Waals surface area contributed by atoms with Gasteiger partial charge >= 0.3 is 0 Å². The molecule has 0 bridgehead atoms. The van der Waals surface area contributed by atoms with Crippen molar-refractivity contribution in [1.82, 2.24) is 10.3 Å². The van der Waals surface area contributed by atoms with Crippen LogP contribution >= 0.6 is 11.3 Å². The molecule has 84 valence electrons. The monoisotopic (exact) mass is 227 g/mol. The normalized spacial score (nSPS) is 13.1. The third kappa shape index (κ3) is 3.60. The van der Waals surface area contributed by atoms with E-state index in [9.17, 15) is 4.79 Å². The maximum absolute atomic E-state index is 10.8. The summed E-state index contributed by atoms with van der Waals surface area (Å²) in [5.41, 5.74) is 5.14. The van der Waals surface area contributed by atoms with E-state index in [1.165, 1.54) is 0 Å². The standard InChI is InChI=1S/C10H17N3OS/c1-6(2)10-13-5-8(15-10)4-12-7(3)9(11)14/h5-7,12H,4H2,1-3H3,(H2,11,14)/t7-/m0/s1. The molecule has 0 aromatic carbocycles. The molecule has 3 N–H and O–H groups in total. The van der Waals surface area contributed by atoms with Gasteiger partial charge < -0.3 is 11.1 Å². The maximum atomic E-state index is 10.8. The number of nitrogens with two attached hydrogens (primary N) is 1. The van der Waals surface area contributed by atoms with Gasteiger partial charge in [-0.25, -0.2) is 4.98 Å². The van der Waals surface area contributed by atoms with Gasteiger partial charge in [-0.3, -0.25) is 4.79 Å². The fourth-order valence-electron chi connectivity index (χ4n) is 1.03. The third-order valence-corrected chi connectivity index (χ3v) is 3.37. The van der Waals surface area contributed by atoms with Crippen molar-refractivity contribution in [1.29, 1.82) is 0 Å². The number of amides is 1. The van der Waals surface area contributed by atoms with Crippen LogP contribution in [0.3, 0.4) is 0 Å². The molecule has 0 saturated carbocycles. The largest absolute Gasteiger partial charge is 0.368 e. The first-order chi connectivity index (χ1) is 7.00. The summed E-state index contributed by atoms with van der Waals surface area (Å²) in [5, 5.41) is 4.17. The number of primary amides is 1. The van der Waals surface area contributed by atoms with Crippen molar-refractivity contribution >= 4 is 17.2 Å². The summed E-state index contributed by atoms with van der Waals surface area (Å²) in [6, 6.07) is -0.297. The van der Waals surface area contributed by atoms with E-state index in [0.717, 1.165) is 9.88 Å². The highest BCUT2D eigenvalue weighted by molar-refractivity contribution is 7.11. The van der Waals surface area contributed by atoms with Crippen LogP contribution in [0, 0.1) is 0 Å². The molecule has 1 aromatic rings. The zero-order chi connectivity index (χ0) is 11.4.